The van der Waals surface area contributed by atoms with Crippen molar-refractivity contribution in [3.63, 3.8) is 0 Å². The fourth-order valence-corrected chi connectivity index (χ4v) is 4.79. The molecule has 0 atom stereocenters. The predicted molar refractivity (Wildman–Crippen MR) is 127 cm³/mol. The van der Waals surface area contributed by atoms with Crippen molar-refractivity contribution in [3.05, 3.63) is 52.2 Å². The van der Waals surface area contributed by atoms with Crippen molar-refractivity contribution < 1.29 is 14.0 Å². The Hall–Kier alpha value is -2.98. The molecule has 32 heavy (non-hydrogen) atoms. The van der Waals surface area contributed by atoms with Crippen LogP contribution in [0.3, 0.4) is 0 Å². The number of fused-ring (bicyclic) bond motifs is 1. The first kappa shape index (κ1) is 20.9. The molecule has 1 N–H and O–H groups in total. The first-order valence-electron chi connectivity index (χ1n) is 10.1. The highest BCUT2D eigenvalue weighted by Gasteiger charge is 2.36. The standard InChI is InChI=1S/C22H18BrN5O3S/c23-14-5-3-13(4-6-14)17-8-7-15(31-17)11-16-20(24)28-22(25-21(16)30)32-18(26-28)12-19(29)27-9-1-2-10-27/h3-8,11,24H,1-2,9-10,12H2/b16-11+,24-20?. The van der Waals surface area contributed by atoms with Gasteiger partial charge in [-0.05, 0) is 54.9 Å². The highest BCUT2D eigenvalue weighted by atomic mass is 79.9. The number of hydrazone groups is 1. The molecule has 0 unspecified atom stereocenters. The van der Waals surface area contributed by atoms with Gasteiger partial charge in [0.1, 0.15) is 16.6 Å². The fraction of sp³-hybridized carbons (Fsp3) is 0.227. The van der Waals surface area contributed by atoms with Gasteiger partial charge in [-0.1, -0.05) is 28.1 Å². The molecule has 0 bridgehead atoms. The third-order valence-corrected chi connectivity index (χ3v) is 6.74. The molecule has 0 spiro atoms. The molecule has 1 fully saturated rings. The van der Waals surface area contributed by atoms with Crippen molar-refractivity contribution >= 4 is 61.6 Å². The fourth-order valence-electron chi connectivity index (χ4n) is 3.65. The van der Waals surface area contributed by atoms with Crippen LogP contribution in [0.25, 0.3) is 17.4 Å². The van der Waals surface area contributed by atoms with Crippen molar-refractivity contribution in [2.75, 3.05) is 13.1 Å². The van der Waals surface area contributed by atoms with Gasteiger partial charge in [-0.3, -0.25) is 15.0 Å². The summed E-state index contributed by atoms with van der Waals surface area (Å²) >= 11 is 4.57. The lowest BCUT2D eigenvalue weighted by atomic mass is 10.1. The van der Waals surface area contributed by atoms with Gasteiger partial charge in [0.25, 0.3) is 5.91 Å². The van der Waals surface area contributed by atoms with Gasteiger partial charge in [-0.25, -0.2) is 0 Å². The van der Waals surface area contributed by atoms with E-state index in [2.05, 4.69) is 26.0 Å². The van der Waals surface area contributed by atoms with E-state index in [1.54, 1.807) is 6.07 Å². The number of halogens is 1. The largest absolute Gasteiger partial charge is 0.457 e. The second kappa shape index (κ2) is 8.51. The molecule has 1 aromatic carbocycles. The molecular weight excluding hydrogens is 494 g/mol. The molecule has 4 heterocycles. The minimum absolute atomic E-state index is 0.0128. The van der Waals surface area contributed by atoms with Gasteiger partial charge in [-0.2, -0.15) is 15.1 Å². The summed E-state index contributed by atoms with van der Waals surface area (Å²) in [5, 5.41) is 15.0. The van der Waals surface area contributed by atoms with E-state index >= 15 is 0 Å². The summed E-state index contributed by atoms with van der Waals surface area (Å²) < 4.78 is 6.82. The number of carbonyl (C=O) groups is 2. The molecule has 5 rings (SSSR count). The van der Waals surface area contributed by atoms with Gasteiger partial charge in [-0.15, -0.1) is 0 Å². The Kier molecular flexibility index (Phi) is 5.56. The van der Waals surface area contributed by atoms with Gasteiger partial charge in [0.15, 0.2) is 5.84 Å². The van der Waals surface area contributed by atoms with Crippen molar-refractivity contribution in [1.82, 2.24) is 9.91 Å². The molecule has 1 saturated heterocycles. The van der Waals surface area contributed by atoms with Crippen LogP contribution in [0, 0.1) is 5.41 Å². The minimum atomic E-state index is -0.530. The number of likely N-dealkylation sites (tertiary alicyclic amines) is 1. The van der Waals surface area contributed by atoms with Gasteiger partial charge >= 0.3 is 0 Å². The number of rotatable bonds is 4. The number of amidine groups is 2. The zero-order valence-electron chi connectivity index (χ0n) is 16.9. The second-order valence-corrected chi connectivity index (χ2v) is 9.44. The highest BCUT2D eigenvalue weighted by Crippen LogP contribution is 2.31. The van der Waals surface area contributed by atoms with Gasteiger partial charge < -0.3 is 9.32 Å². The maximum atomic E-state index is 12.6. The average Bonchev–Trinajstić information content (AvgIpc) is 3.53. The van der Waals surface area contributed by atoms with Crippen LogP contribution in [0.5, 0.6) is 0 Å². The number of amides is 2. The number of nitrogens with zero attached hydrogens (tertiary/aromatic N) is 4. The van der Waals surface area contributed by atoms with Crippen LogP contribution in [0.4, 0.5) is 0 Å². The normalized spacial score (nSPS) is 19.5. The Morgan fingerprint density at radius 1 is 1.19 bits per heavy atom. The lowest BCUT2D eigenvalue weighted by molar-refractivity contribution is -0.128. The third-order valence-electron chi connectivity index (χ3n) is 5.30. The van der Waals surface area contributed by atoms with Crippen molar-refractivity contribution in [3.8, 4) is 11.3 Å². The van der Waals surface area contributed by atoms with Crippen LogP contribution >= 0.6 is 27.7 Å². The van der Waals surface area contributed by atoms with Crippen LogP contribution in [-0.2, 0) is 9.59 Å². The molecule has 1 aromatic heterocycles. The van der Waals surface area contributed by atoms with Crippen LogP contribution in [-0.4, -0.2) is 50.9 Å². The number of aliphatic imine (C=N–C) groups is 1. The van der Waals surface area contributed by atoms with Gasteiger partial charge in [0.2, 0.25) is 11.1 Å². The zero-order valence-corrected chi connectivity index (χ0v) is 19.3. The quantitative estimate of drug-likeness (QED) is 0.615. The molecular formula is C22H18BrN5O3S. The summed E-state index contributed by atoms with van der Waals surface area (Å²) in [4.78, 5) is 30.9. The first-order valence-corrected chi connectivity index (χ1v) is 11.7. The van der Waals surface area contributed by atoms with Gasteiger partial charge in [0.05, 0.1) is 12.0 Å². The molecule has 0 aliphatic carbocycles. The molecule has 0 saturated carbocycles. The van der Waals surface area contributed by atoms with Crippen molar-refractivity contribution in [1.29, 1.82) is 5.41 Å². The topological polar surface area (TPSA) is 102 Å². The van der Waals surface area contributed by atoms with E-state index < -0.39 is 5.91 Å². The zero-order chi connectivity index (χ0) is 22.2. The number of nitrogens with one attached hydrogen (secondary N) is 1. The van der Waals surface area contributed by atoms with Crippen LogP contribution in [0.15, 0.2) is 61.0 Å². The van der Waals surface area contributed by atoms with E-state index in [1.807, 2.05) is 35.2 Å². The van der Waals surface area contributed by atoms with Crippen molar-refractivity contribution in [2.45, 2.75) is 19.3 Å². The SMILES string of the molecule is N=C1/C(=C\c2ccc(-c3ccc(Br)cc3)o2)C(=O)N=C2SC(CC(=O)N3CCCC3)=NN12. The van der Waals surface area contributed by atoms with E-state index in [9.17, 15) is 9.59 Å². The van der Waals surface area contributed by atoms with Crippen molar-refractivity contribution in [2.24, 2.45) is 10.1 Å². The maximum Gasteiger partial charge on any atom is 0.283 e. The molecule has 8 nitrogen and oxygen atoms in total. The molecule has 3 aliphatic rings. The molecule has 3 aliphatic heterocycles. The van der Waals surface area contributed by atoms with E-state index in [0.717, 1.165) is 47.7 Å². The lowest BCUT2D eigenvalue weighted by Crippen LogP contribution is -2.35. The van der Waals surface area contributed by atoms with Gasteiger partial charge in [0, 0.05) is 23.1 Å². The number of furan rings is 1. The summed E-state index contributed by atoms with van der Waals surface area (Å²) in [5.74, 6) is 0.491. The Morgan fingerprint density at radius 2 is 1.94 bits per heavy atom. The molecule has 2 amide bonds. The molecule has 162 valence electrons. The molecule has 2 aromatic rings. The predicted octanol–water partition coefficient (Wildman–Crippen LogP) is 4.34. The summed E-state index contributed by atoms with van der Waals surface area (Å²) in [5.41, 5.74) is 0.984. The Morgan fingerprint density at radius 3 is 2.69 bits per heavy atom. The summed E-state index contributed by atoms with van der Waals surface area (Å²) in [6, 6.07) is 11.2. The number of hydrogen-bond donors (Lipinski definition) is 1. The third kappa shape index (κ3) is 4.07. The summed E-state index contributed by atoms with van der Waals surface area (Å²) in [7, 11) is 0. The highest BCUT2D eigenvalue weighted by molar-refractivity contribution is 9.10. The Bertz CT molecular complexity index is 1210. The number of hydrogen-bond acceptors (Lipinski definition) is 6. The number of benzene rings is 1. The second-order valence-electron chi connectivity index (χ2n) is 7.49. The monoisotopic (exact) mass is 511 g/mol. The summed E-state index contributed by atoms with van der Waals surface area (Å²) in [6.07, 6.45) is 3.69. The van der Waals surface area contributed by atoms with Crippen LogP contribution in [0.2, 0.25) is 0 Å². The van der Waals surface area contributed by atoms with E-state index in [1.165, 1.54) is 11.1 Å². The maximum absolute atomic E-state index is 12.6. The average molecular weight is 512 g/mol. The minimum Gasteiger partial charge on any atom is -0.457 e. The number of carbonyl (C=O) groups excluding carboxylic acids is 2. The van der Waals surface area contributed by atoms with Crippen LogP contribution in [0.1, 0.15) is 25.0 Å². The van der Waals surface area contributed by atoms with Crippen LogP contribution < -0.4 is 0 Å². The first-order chi connectivity index (χ1) is 15.5. The molecule has 0 radical (unpaired) electrons. The molecule has 10 heteroatoms. The van der Waals surface area contributed by atoms with E-state index in [0.29, 0.717) is 21.7 Å². The number of thioether (sulfide) groups is 1. The summed E-state index contributed by atoms with van der Waals surface area (Å²) in [6.45, 7) is 1.54. The Labute approximate surface area is 196 Å². The smallest absolute Gasteiger partial charge is 0.283 e. The van der Waals surface area contributed by atoms with E-state index in [4.69, 9.17) is 9.83 Å². The van der Waals surface area contributed by atoms with E-state index in [-0.39, 0.29) is 23.7 Å². The Balaban J connectivity index is 1.35. The lowest BCUT2D eigenvalue weighted by Gasteiger charge is -2.19.